The number of aromatic nitrogens is 2. The van der Waals surface area contributed by atoms with E-state index in [2.05, 4.69) is 15.3 Å². The fraction of sp³-hybridized carbons (Fsp3) is 0.231. The second kappa shape index (κ2) is 5.86. The van der Waals surface area contributed by atoms with Crippen LogP contribution < -0.4 is 10.1 Å². The van der Waals surface area contributed by atoms with Gasteiger partial charge in [0.05, 0.1) is 12.7 Å². The van der Waals surface area contributed by atoms with Gasteiger partial charge in [0, 0.05) is 25.4 Å². The minimum Gasteiger partial charge on any atom is -0.496 e. The summed E-state index contributed by atoms with van der Waals surface area (Å²) in [7, 11) is 1.55. The van der Waals surface area contributed by atoms with Gasteiger partial charge in [-0.3, -0.25) is 4.79 Å². The number of carbonyl (C=O) groups is 1. The summed E-state index contributed by atoms with van der Waals surface area (Å²) in [5, 5.41) is 2.83. The fourth-order valence-electron chi connectivity index (χ4n) is 1.66. The van der Waals surface area contributed by atoms with E-state index >= 15 is 0 Å². The van der Waals surface area contributed by atoms with Gasteiger partial charge in [-0.25, -0.2) is 4.98 Å². The van der Waals surface area contributed by atoms with Crippen molar-refractivity contribution < 1.29 is 9.53 Å². The average Bonchev–Trinajstić information content (AvgIpc) is 2.91. The van der Waals surface area contributed by atoms with E-state index < -0.39 is 0 Å². The van der Waals surface area contributed by atoms with Crippen molar-refractivity contribution in [2.45, 2.75) is 6.42 Å². The highest BCUT2D eigenvalue weighted by Gasteiger charge is 2.10. The molecule has 0 radical (unpaired) electrons. The maximum atomic E-state index is 11.9. The monoisotopic (exact) mass is 245 g/mol. The third-order valence-electron chi connectivity index (χ3n) is 2.55. The van der Waals surface area contributed by atoms with Crippen LogP contribution in [0.3, 0.4) is 0 Å². The lowest BCUT2D eigenvalue weighted by molar-refractivity contribution is 0.0951. The molecule has 0 aliphatic carbocycles. The molecular formula is C13H15N3O2. The normalized spacial score (nSPS) is 10.1. The first-order valence-electron chi connectivity index (χ1n) is 5.70. The summed E-state index contributed by atoms with van der Waals surface area (Å²) in [6, 6.07) is 7.14. The van der Waals surface area contributed by atoms with Crippen LogP contribution in [0.1, 0.15) is 16.2 Å². The molecule has 0 fully saturated rings. The summed E-state index contributed by atoms with van der Waals surface area (Å²) < 4.78 is 5.14. The average molecular weight is 245 g/mol. The molecule has 0 unspecified atom stereocenters. The van der Waals surface area contributed by atoms with Gasteiger partial charge in [0.2, 0.25) is 0 Å². The zero-order valence-corrected chi connectivity index (χ0v) is 10.1. The van der Waals surface area contributed by atoms with Crippen molar-refractivity contribution in [3.05, 3.63) is 48.0 Å². The Hall–Kier alpha value is -2.30. The van der Waals surface area contributed by atoms with E-state index in [-0.39, 0.29) is 5.91 Å². The number of rotatable bonds is 5. The van der Waals surface area contributed by atoms with Crippen LogP contribution in [0, 0.1) is 0 Å². The molecular weight excluding hydrogens is 230 g/mol. The molecule has 0 aliphatic rings. The highest BCUT2D eigenvalue weighted by molar-refractivity contribution is 5.96. The number of carbonyl (C=O) groups excluding carboxylic acids is 1. The number of H-pyrrole nitrogens is 1. The molecule has 0 aliphatic heterocycles. The quantitative estimate of drug-likeness (QED) is 0.836. The predicted molar refractivity (Wildman–Crippen MR) is 67.6 cm³/mol. The SMILES string of the molecule is COc1ccccc1C(=O)NCCc1ncc[nH]1. The molecule has 1 aromatic heterocycles. The zero-order chi connectivity index (χ0) is 12.8. The number of hydrogen-bond donors (Lipinski definition) is 2. The Bertz CT molecular complexity index is 509. The van der Waals surface area contributed by atoms with Crippen molar-refractivity contribution >= 4 is 5.91 Å². The van der Waals surface area contributed by atoms with E-state index in [1.165, 1.54) is 0 Å². The number of ether oxygens (including phenoxy) is 1. The molecule has 0 saturated carbocycles. The standard InChI is InChI=1S/C13H15N3O2/c1-18-11-5-3-2-4-10(11)13(17)16-7-6-12-14-8-9-15-12/h2-5,8-9H,6-7H2,1H3,(H,14,15)(H,16,17). The first-order chi connectivity index (χ1) is 8.81. The Labute approximate surface area is 105 Å². The van der Waals surface area contributed by atoms with Crippen LogP contribution in [0.5, 0.6) is 5.75 Å². The maximum absolute atomic E-state index is 11.9. The van der Waals surface area contributed by atoms with Crippen LogP contribution in [-0.2, 0) is 6.42 Å². The Morgan fingerprint density at radius 2 is 2.28 bits per heavy atom. The molecule has 1 amide bonds. The predicted octanol–water partition coefficient (Wildman–Crippen LogP) is 1.39. The Balaban J connectivity index is 1.91. The van der Waals surface area contributed by atoms with E-state index in [9.17, 15) is 4.79 Å². The van der Waals surface area contributed by atoms with Crippen molar-refractivity contribution in [1.29, 1.82) is 0 Å². The Kier molecular flexibility index (Phi) is 3.96. The number of methoxy groups -OCH3 is 1. The molecule has 5 nitrogen and oxygen atoms in total. The number of imidazole rings is 1. The van der Waals surface area contributed by atoms with Crippen LogP contribution in [0.15, 0.2) is 36.7 Å². The zero-order valence-electron chi connectivity index (χ0n) is 10.1. The summed E-state index contributed by atoms with van der Waals surface area (Å²) in [6.45, 7) is 0.532. The minimum atomic E-state index is -0.140. The van der Waals surface area contributed by atoms with Gasteiger partial charge in [0.25, 0.3) is 5.91 Å². The second-order valence-corrected chi connectivity index (χ2v) is 3.74. The number of aromatic amines is 1. The molecule has 1 heterocycles. The molecule has 5 heteroatoms. The fourth-order valence-corrected chi connectivity index (χ4v) is 1.66. The minimum absolute atomic E-state index is 0.140. The molecule has 0 bridgehead atoms. The summed E-state index contributed by atoms with van der Waals surface area (Å²) in [4.78, 5) is 19.0. The first kappa shape index (κ1) is 12.2. The summed E-state index contributed by atoms with van der Waals surface area (Å²) in [5.41, 5.74) is 0.541. The number of nitrogens with zero attached hydrogens (tertiary/aromatic N) is 1. The Morgan fingerprint density at radius 1 is 1.44 bits per heavy atom. The van der Waals surface area contributed by atoms with E-state index in [0.29, 0.717) is 24.3 Å². The van der Waals surface area contributed by atoms with Crippen LogP contribution in [0.2, 0.25) is 0 Å². The molecule has 18 heavy (non-hydrogen) atoms. The topological polar surface area (TPSA) is 67.0 Å². The first-order valence-corrected chi connectivity index (χ1v) is 5.70. The smallest absolute Gasteiger partial charge is 0.255 e. The van der Waals surface area contributed by atoms with E-state index in [1.54, 1.807) is 31.6 Å². The van der Waals surface area contributed by atoms with Crippen molar-refractivity contribution in [3.63, 3.8) is 0 Å². The third kappa shape index (κ3) is 2.88. The van der Waals surface area contributed by atoms with Crippen LogP contribution in [0.25, 0.3) is 0 Å². The Morgan fingerprint density at radius 3 is 3.00 bits per heavy atom. The van der Waals surface area contributed by atoms with Gasteiger partial charge in [-0.2, -0.15) is 0 Å². The van der Waals surface area contributed by atoms with E-state index in [4.69, 9.17) is 4.74 Å². The van der Waals surface area contributed by atoms with Gasteiger partial charge in [0.15, 0.2) is 0 Å². The number of hydrogen-bond acceptors (Lipinski definition) is 3. The van der Waals surface area contributed by atoms with Gasteiger partial charge in [-0.05, 0) is 12.1 Å². The van der Waals surface area contributed by atoms with Gasteiger partial charge < -0.3 is 15.0 Å². The van der Waals surface area contributed by atoms with Crippen molar-refractivity contribution in [3.8, 4) is 5.75 Å². The van der Waals surface area contributed by atoms with Crippen LogP contribution in [0.4, 0.5) is 0 Å². The van der Waals surface area contributed by atoms with Gasteiger partial charge in [-0.15, -0.1) is 0 Å². The van der Waals surface area contributed by atoms with Crippen molar-refractivity contribution in [2.24, 2.45) is 0 Å². The summed E-state index contributed by atoms with van der Waals surface area (Å²) in [5.74, 6) is 1.29. The number of amides is 1. The molecule has 2 aromatic rings. The lowest BCUT2D eigenvalue weighted by Gasteiger charge is -2.08. The lowest BCUT2D eigenvalue weighted by atomic mass is 10.2. The molecule has 94 valence electrons. The van der Waals surface area contributed by atoms with Crippen molar-refractivity contribution in [1.82, 2.24) is 15.3 Å². The molecule has 0 atom stereocenters. The number of nitrogens with one attached hydrogen (secondary N) is 2. The molecule has 0 spiro atoms. The highest BCUT2D eigenvalue weighted by Crippen LogP contribution is 2.16. The van der Waals surface area contributed by atoms with Crippen molar-refractivity contribution in [2.75, 3.05) is 13.7 Å². The van der Waals surface area contributed by atoms with Crippen LogP contribution >= 0.6 is 0 Å². The number of benzene rings is 1. The molecule has 2 N–H and O–H groups in total. The molecule has 0 saturated heterocycles. The van der Waals surface area contributed by atoms with Gasteiger partial charge >= 0.3 is 0 Å². The summed E-state index contributed by atoms with van der Waals surface area (Å²) in [6.07, 6.45) is 4.13. The van der Waals surface area contributed by atoms with E-state index in [0.717, 1.165) is 5.82 Å². The molecule has 1 aromatic carbocycles. The largest absolute Gasteiger partial charge is 0.496 e. The van der Waals surface area contributed by atoms with Gasteiger partial charge in [0.1, 0.15) is 11.6 Å². The maximum Gasteiger partial charge on any atom is 0.255 e. The number of para-hydroxylation sites is 1. The second-order valence-electron chi connectivity index (χ2n) is 3.74. The lowest BCUT2D eigenvalue weighted by Crippen LogP contribution is -2.26. The van der Waals surface area contributed by atoms with E-state index in [1.807, 2.05) is 12.1 Å². The summed E-state index contributed by atoms with van der Waals surface area (Å²) >= 11 is 0. The molecule has 2 rings (SSSR count). The van der Waals surface area contributed by atoms with Gasteiger partial charge in [-0.1, -0.05) is 12.1 Å². The highest BCUT2D eigenvalue weighted by atomic mass is 16.5. The third-order valence-corrected chi connectivity index (χ3v) is 2.55. The van der Waals surface area contributed by atoms with Crippen LogP contribution in [-0.4, -0.2) is 29.5 Å².